The van der Waals surface area contributed by atoms with Crippen LogP contribution >= 0.6 is 0 Å². The van der Waals surface area contributed by atoms with E-state index in [0.29, 0.717) is 17.4 Å². The average molecular weight is 498 g/mol. The topological polar surface area (TPSA) is 73.9 Å². The van der Waals surface area contributed by atoms with Crippen LogP contribution in [0.15, 0.2) is 109 Å². The first-order chi connectivity index (χ1) is 18.8. The Labute approximate surface area is 219 Å². The molecule has 7 heteroatoms. The Morgan fingerprint density at radius 1 is 0.921 bits per heavy atom. The first-order valence-corrected chi connectivity index (χ1v) is 12.5. The van der Waals surface area contributed by atoms with Gasteiger partial charge in [-0.05, 0) is 23.4 Å². The molecule has 0 aliphatic carbocycles. The summed E-state index contributed by atoms with van der Waals surface area (Å²) in [7, 11) is 0. The third kappa shape index (κ3) is 3.76. The predicted molar refractivity (Wildman–Crippen MR) is 146 cm³/mol. The molecule has 0 saturated carbocycles. The number of hydrogen-bond donors (Lipinski definition) is 0. The predicted octanol–water partition coefficient (Wildman–Crippen LogP) is 6.50. The normalized spacial score (nSPS) is 14.7. The van der Waals surface area contributed by atoms with Gasteiger partial charge in [-0.2, -0.15) is 0 Å². The molecule has 0 saturated heterocycles. The summed E-state index contributed by atoms with van der Waals surface area (Å²) in [6, 6.07) is 32.8. The number of nitrogens with zero attached hydrogens (tertiary/aromatic N) is 5. The molecule has 0 radical (unpaired) electrons. The van der Waals surface area contributed by atoms with Gasteiger partial charge < -0.3 is 9.57 Å². The molecule has 0 spiro atoms. The number of ether oxygens (including phenoxy) is 1. The molecule has 1 aliphatic rings. The largest absolute Gasteiger partial charge is 0.438 e. The van der Waals surface area contributed by atoms with Gasteiger partial charge in [-0.15, -0.1) is 5.10 Å². The highest BCUT2D eigenvalue weighted by Gasteiger charge is 2.34. The van der Waals surface area contributed by atoms with Crippen LogP contribution < -0.4 is 4.74 Å². The molecular formula is C31H23N5O2. The summed E-state index contributed by atoms with van der Waals surface area (Å²) in [4.78, 5) is 15.1. The molecule has 0 N–H and O–H groups in total. The third-order valence-corrected chi connectivity index (χ3v) is 6.86. The minimum atomic E-state index is -0.118. The van der Waals surface area contributed by atoms with Gasteiger partial charge >= 0.3 is 0 Å². The van der Waals surface area contributed by atoms with Crippen molar-refractivity contribution in [1.82, 2.24) is 19.6 Å². The Hall–Kier alpha value is -5.04. The van der Waals surface area contributed by atoms with E-state index < -0.39 is 0 Å². The minimum absolute atomic E-state index is 0.118. The van der Waals surface area contributed by atoms with Gasteiger partial charge in [0.1, 0.15) is 12.1 Å². The Morgan fingerprint density at radius 2 is 1.68 bits per heavy atom. The van der Waals surface area contributed by atoms with Crippen molar-refractivity contribution in [3.8, 4) is 11.6 Å². The van der Waals surface area contributed by atoms with Crippen LogP contribution in [0.4, 0.5) is 0 Å². The molecular weight excluding hydrogens is 474 g/mol. The van der Waals surface area contributed by atoms with Crippen LogP contribution in [0.3, 0.4) is 0 Å². The lowest BCUT2D eigenvalue weighted by Crippen LogP contribution is -2.15. The lowest BCUT2D eigenvalue weighted by atomic mass is 9.83. The Kier molecular flexibility index (Phi) is 5.32. The molecule has 4 aromatic carbocycles. The Balaban J connectivity index is 1.31. The van der Waals surface area contributed by atoms with E-state index in [-0.39, 0.29) is 12.5 Å². The Bertz CT molecular complexity index is 1810. The number of hydrogen-bond acceptors (Lipinski definition) is 6. The molecule has 38 heavy (non-hydrogen) atoms. The van der Waals surface area contributed by atoms with Crippen molar-refractivity contribution >= 4 is 22.1 Å². The van der Waals surface area contributed by atoms with Crippen LogP contribution in [0.2, 0.25) is 0 Å². The van der Waals surface area contributed by atoms with Crippen LogP contribution in [0.5, 0.6) is 11.6 Å². The molecule has 3 heterocycles. The zero-order valence-electron chi connectivity index (χ0n) is 20.7. The van der Waals surface area contributed by atoms with Crippen molar-refractivity contribution < 1.29 is 9.57 Å². The summed E-state index contributed by atoms with van der Waals surface area (Å²) in [5, 5.41) is 11.1. The van der Waals surface area contributed by atoms with E-state index >= 15 is 0 Å². The maximum absolute atomic E-state index is 6.48. The van der Waals surface area contributed by atoms with E-state index in [1.807, 2.05) is 55.5 Å². The average Bonchev–Trinajstić information content (AvgIpc) is 3.40. The number of fused-ring (bicyclic) bond motifs is 6. The van der Waals surface area contributed by atoms with Crippen molar-refractivity contribution in [2.45, 2.75) is 19.4 Å². The summed E-state index contributed by atoms with van der Waals surface area (Å²) < 4.78 is 8.17. The van der Waals surface area contributed by atoms with Gasteiger partial charge in [0.2, 0.25) is 5.88 Å². The fourth-order valence-corrected chi connectivity index (χ4v) is 5.06. The smallest absolute Gasteiger partial charge is 0.228 e. The van der Waals surface area contributed by atoms with Gasteiger partial charge in [0, 0.05) is 16.9 Å². The second-order valence-corrected chi connectivity index (χ2v) is 9.23. The van der Waals surface area contributed by atoms with Gasteiger partial charge in [0.05, 0.1) is 11.3 Å². The van der Waals surface area contributed by atoms with E-state index in [1.54, 1.807) is 10.8 Å². The summed E-state index contributed by atoms with van der Waals surface area (Å²) in [5.41, 5.74) is 5.56. The summed E-state index contributed by atoms with van der Waals surface area (Å²) >= 11 is 0. The zero-order valence-corrected chi connectivity index (χ0v) is 20.7. The highest BCUT2D eigenvalue weighted by atomic mass is 16.6. The first kappa shape index (κ1) is 22.2. The van der Waals surface area contributed by atoms with Crippen LogP contribution in [0, 0.1) is 0 Å². The van der Waals surface area contributed by atoms with E-state index in [2.05, 4.69) is 63.8 Å². The molecule has 2 aromatic heterocycles. The number of rotatable bonds is 5. The molecule has 1 unspecified atom stereocenters. The molecule has 7 nitrogen and oxygen atoms in total. The minimum Gasteiger partial charge on any atom is -0.438 e. The van der Waals surface area contributed by atoms with Crippen molar-refractivity contribution in [3.63, 3.8) is 0 Å². The molecule has 7 rings (SSSR count). The molecule has 0 amide bonds. The summed E-state index contributed by atoms with van der Waals surface area (Å²) in [5.74, 6) is 1.76. The molecule has 1 atom stereocenters. The lowest BCUT2D eigenvalue weighted by molar-refractivity contribution is 0.125. The molecule has 6 aromatic rings. The molecule has 0 fully saturated rings. The summed E-state index contributed by atoms with van der Waals surface area (Å²) in [6.07, 6.45) is 1.64. The van der Waals surface area contributed by atoms with Gasteiger partial charge in [-0.3, -0.25) is 0 Å². The van der Waals surface area contributed by atoms with Crippen LogP contribution in [-0.2, 0) is 11.4 Å². The first-order valence-electron chi connectivity index (χ1n) is 12.5. The third-order valence-electron chi connectivity index (χ3n) is 6.86. The van der Waals surface area contributed by atoms with E-state index in [1.165, 1.54) is 0 Å². The maximum Gasteiger partial charge on any atom is 0.228 e. The van der Waals surface area contributed by atoms with Crippen LogP contribution in [0.1, 0.15) is 40.9 Å². The highest BCUT2D eigenvalue weighted by molar-refractivity contribution is 5.98. The standard InChI is InChI=1S/C31H23N5O2/c1-20(21-10-4-2-5-11-21)35-37-18-26-33-30-28-27(23-13-6-3-7-14-23)25-17-16-22-12-8-9-15-24(22)29(25)38-31(28)32-19-36(30)34-26/h2-17,19,27H,18H2,1H3/b35-20+. The second kappa shape index (κ2) is 9.12. The number of aromatic nitrogens is 4. The maximum atomic E-state index is 6.48. The Morgan fingerprint density at radius 3 is 2.53 bits per heavy atom. The number of oxime groups is 1. The van der Waals surface area contributed by atoms with Gasteiger partial charge in [-0.25, -0.2) is 14.5 Å². The monoisotopic (exact) mass is 497 g/mol. The summed E-state index contributed by atoms with van der Waals surface area (Å²) in [6.45, 7) is 2.05. The van der Waals surface area contributed by atoms with Gasteiger partial charge in [0.15, 0.2) is 18.1 Å². The molecule has 1 aliphatic heterocycles. The second-order valence-electron chi connectivity index (χ2n) is 9.23. The lowest BCUT2D eigenvalue weighted by Gasteiger charge is -2.28. The van der Waals surface area contributed by atoms with Crippen LogP contribution in [-0.4, -0.2) is 25.3 Å². The number of benzene rings is 4. The van der Waals surface area contributed by atoms with E-state index in [0.717, 1.165) is 44.5 Å². The van der Waals surface area contributed by atoms with Crippen molar-refractivity contribution in [1.29, 1.82) is 0 Å². The van der Waals surface area contributed by atoms with E-state index in [4.69, 9.17) is 14.6 Å². The fourth-order valence-electron chi connectivity index (χ4n) is 5.06. The zero-order chi connectivity index (χ0) is 25.5. The van der Waals surface area contributed by atoms with Crippen molar-refractivity contribution in [3.05, 3.63) is 131 Å². The van der Waals surface area contributed by atoms with Crippen LogP contribution in [0.25, 0.3) is 16.4 Å². The fraction of sp³-hybridized carbons (Fsp3) is 0.0968. The SMILES string of the molecule is C/C(=N\OCc1nc2c3c(ncn2n1)Oc1c(ccc2ccccc12)C3c1ccccc1)c1ccccc1. The molecule has 184 valence electrons. The van der Waals surface area contributed by atoms with Crippen molar-refractivity contribution in [2.75, 3.05) is 0 Å². The van der Waals surface area contributed by atoms with Gasteiger partial charge in [-0.1, -0.05) is 102 Å². The van der Waals surface area contributed by atoms with Gasteiger partial charge in [0.25, 0.3) is 0 Å². The highest BCUT2D eigenvalue weighted by Crippen LogP contribution is 2.50. The molecule has 0 bridgehead atoms. The van der Waals surface area contributed by atoms with E-state index in [9.17, 15) is 0 Å². The van der Waals surface area contributed by atoms with Crippen molar-refractivity contribution in [2.24, 2.45) is 5.16 Å². The quantitative estimate of drug-likeness (QED) is 0.200.